The van der Waals surface area contributed by atoms with E-state index >= 15 is 0 Å². The van der Waals surface area contributed by atoms with E-state index in [4.69, 9.17) is 0 Å². The summed E-state index contributed by atoms with van der Waals surface area (Å²) in [6, 6.07) is 5.89. The molecule has 0 aromatic carbocycles. The van der Waals surface area contributed by atoms with Gasteiger partial charge in [-0.15, -0.1) is 0 Å². The van der Waals surface area contributed by atoms with Crippen LogP contribution in [0, 0.1) is 0 Å². The predicted molar refractivity (Wildman–Crippen MR) is 61.4 cm³/mol. The summed E-state index contributed by atoms with van der Waals surface area (Å²) in [5.74, 6) is 0. The zero-order chi connectivity index (χ0) is 10.2. The summed E-state index contributed by atoms with van der Waals surface area (Å²) in [7, 11) is 1.75. The lowest BCUT2D eigenvalue weighted by Gasteiger charge is -1.96. The van der Waals surface area contributed by atoms with Crippen LogP contribution in [0.4, 0.5) is 0 Å². The summed E-state index contributed by atoms with van der Waals surface area (Å²) in [5, 5.41) is 0. The number of hydrogen-bond donors (Lipinski definition) is 0. The molecule has 0 saturated carbocycles. The third-order valence-electron chi connectivity index (χ3n) is 1.76. The van der Waals surface area contributed by atoms with Gasteiger partial charge in [0.1, 0.15) is 0 Å². The van der Waals surface area contributed by atoms with E-state index in [-0.39, 0.29) is 0 Å². The Morgan fingerprint density at radius 2 is 2.21 bits per heavy atom. The first-order valence-corrected chi connectivity index (χ1v) is 4.51. The third-order valence-corrected chi connectivity index (χ3v) is 1.76. The van der Waals surface area contributed by atoms with E-state index in [1.807, 2.05) is 43.4 Å². The maximum atomic E-state index is 4.24. The standard InChI is InChI=1S/C12H14N2/c1-11(7-3-5-9-13-2)12-8-4-6-10-14-12/h3-10H,1-2H3/b5-3-,11-7+,13-9?. The van der Waals surface area contributed by atoms with E-state index in [2.05, 4.69) is 9.98 Å². The minimum absolute atomic E-state index is 1.01. The van der Waals surface area contributed by atoms with Crippen LogP contribution in [-0.4, -0.2) is 18.2 Å². The quantitative estimate of drug-likeness (QED) is 0.526. The Bertz CT molecular complexity index is 348. The lowest BCUT2D eigenvalue weighted by atomic mass is 10.2. The fourth-order valence-electron chi connectivity index (χ4n) is 1.02. The van der Waals surface area contributed by atoms with Gasteiger partial charge in [-0.05, 0) is 30.7 Å². The van der Waals surface area contributed by atoms with E-state index in [1.165, 1.54) is 0 Å². The second kappa shape index (κ2) is 5.86. The average molecular weight is 186 g/mol. The Hall–Kier alpha value is -1.70. The van der Waals surface area contributed by atoms with E-state index in [0.717, 1.165) is 11.3 Å². The Balaban J connectivity index is 2.70. The normalized spacial score (nSPS) is 12.9. The van der Waals surface area contributed by atoms with Gasteiger partial charge in [-0.2, -0.15) is 0 Å². The van der Waals surface area contributed by atoms with E-state index in [1.54, 1.807) is 19.5 Å². The monoisotopic (exact) mass is 186 g/mol. The molecule has 0 radical (unpaired) electrons. The van der Waals surface area contributed by atoms with Crippen molar-refractivity contribution < 1.29 is 0 Å². The minimum Gasteiger partial charge on any atom is -0.297 e. The molecule has 0 saturated heterocycles. The Labute approximate surface area is 84.7 Å². The molecule has 2 heteroatoms. The first-order chi connectivity index (χ1) is 6.84. The number of pyridine rings is 1. The molecule has 0 atom stereocenters. The molecule has 0 aliphatic heterocycles. The zero-order valence-corrected chi connectivity index (χ0v) is 8.51. The number of rotatable bonds is 3. The van der Waals surface area contributed by atoms with Crippen molar-refractivity contribution in [2.75, 3.05) is 7.05 Å². The van der Waals surface area contributed by atoms with Gasteiger partial charge < -0.3 is 0 Å². The summed E-state index contributed by atoms with van der Waals surface area (Å²) in [4.78, 5) is 8.09. The molecule has 0 bridgehead atoms. The van der Waals surface area contributed by atoms with Crippen molar-refractivity contribution in [2.45, 2.75) is 6.92 Å². The average Bonchev–Trinajstić information content (AvgIpc) is 2.25. The van der Waals surface area contributed by atoms with Crippen LogP contribution in [0.3, 0.4) is 0 Å². The molecular weight excluding hydrogens is 172 g/mol. The van der Waals surface area contributed by atoms with Gasteiger partial charge in [0.05, 0.1) is 5.69 Å². The number of allylic oxidation sites excluding steroid dienone is 4. The van der Waals surface area contributed by atoms with Crippen molar-refractivity contribution in [3.05, 3.63) is 48.3 Å². The summed E-state index contributed by atoms with van der Waals surface area (Å²) >= 11 is 0. The van der Waals surface area contributed by atoms with Gasteiger partial charge in [-0.1, -0.05) is 18.2 Å². The van der Waals surface area contributed by atoms with Crippen molar-refractivity contribution in [1.29, 1.82) is 0 Å². The molecule has 1 aromatic heterocycles. The molecule has 0 aliphatic carbocycles. The molecule has 1 rings (SSSR count). The molecule has 0 amide bonds. The molecule has 0 N–H and O–H groups in total. The summed E-state index contributed by atoms with van der Waals surface area (Å²) < 4.78 is 0. The van der Waals surface area contributed by atoms with Crippen LogP contribution in [-0.2, 0) is 0 Å². The fraction of sp³-hybridized carbons (Fsp3) is 0.167. The molecule has 0 unspecified atom stereocenters. The number of aromatic nitrogens is 1. The largest absolute Gasteiger partial charge is 0.297 e. The van der Waals surface area contributed by atoms with Gasteiger partial charge in [0, 0.05) is 19.5 Å². The molecule has 0 aliphatic rings. The molecule has 2 nitrogen and oxygen atoms in total. The Morgan fingerprint density at radius 3 is 2.86 bits per heavy atom. The maximum absolute atomic E-state index is 4.24. The molecule has 1 aromatic rings. The highest BCUT2D eigenvalue weighted by Crippen LogP contribution is 2.08. The summed E-state index contributed by atoms with van der Waals surface area (Å²) in [6.07, 6.45) is 9.42. The van der Waals surface area contributed by atoms with Gasteiger partial charge >= 0.3 is 0 Å². The highest BCUT2D eigenvalue weighted by atomic mass is 14.7. The van der Waals surface area contributed by atoms with Crippen LogP contribution in [0.15, 0.2) is 47.6 Å². The van der Waals surface area contributed by atoms with Crippen LogP contribution in [0.1, 0.15) is 12.6 Å². The second-order valence-electron chi connectivity index (χ2n) is 2.86. The predicted octanol–water partition coefficient (Wildman–Crippen LogP) is 2.74. The summed E-state index contributed by atoms with van der Waals surface area (Å²) in [5.41, 5.74) is 2.15. The molecule has 1 heterocycles. The lowest BCUT2D eigenvalue weighted by Crippen LogP contribution is -1.82. The first-order valence-electron chi connectivity index (χ1n) is 4.51. The molecular formula is C12H14N2. The molecule has 0 spiro atoms. The van der Waals surface area contributed by atoms with Gasteiger partial charge in [0.2, 0.25) is 0 Å². The Morgan fingerprint density at radius 1 is 1.36 bits per heavy atom. The number of hydrogen-bond acceptors (Lipinski definition) is 2. The first kappa shape index (κ1) is 10.4. The summed E-state index contributed by atoms with van der Waals surface area (Å²) in [6.45, 7) is 2.04. The van der Waals surface area contributed by atoms with Gasteiger partial charge in [0.15, 0.2) is 0 Å². The maximum Gasteiger partial charge on any atom is 0.0658 e. The Kier molecular flexibility index (Phi) is 4.35. The van der Waals surface area contributed by atoms with Gasteiger partial charge in [-0.3, -0.25) is 9.98 Å². The van der Waals surface area contributed by atoms with Crippen LogP contribution in [0.2, 0.25) is 0 Å². The molecule has 14 heavy (non-hydrogen) atoms. The smallest absolute Gasteiger partial charge is 0.0658 e. The van der Waals surface area contributed by atoms with Crippen LogP contribution >= 0.6 is 0 Å². The number of aliphatic imine (C=N–C) groups is 1. The van der Waals surface area contributed by atoms with Crippen molar-refractivity contribution in [3.63, 3.8) is 0 Å². The van der Waals surface area contributed by atoms with Crippen LogP contribution in [0.5, 0.6) is 0 Å². The highest BCUT2D eigenvalue weighted by molar-refractivity contribution is 5.72. The van der Waals surface area contributed by atoms with E-state index in [9.17, 15) is 0 Å². The van der Waals surface area contributed by atoms with Crippen molar-refractivity contribution in [2.24, 2.45) is 4.99 Å². The SMILES string of the molecule is CN=C/C=C\C=C(/C)c1ccccn1. The highest BCUT2D eigenvalue weighted by Gasteiger charge is 1.91. The van der Waals surface area contributed by atoms with Gasteiger partial charge in [0.25, 0.3) is 0 Å². The molecule has 72 valence electrons. The van der Waals surface area contributed by atoms with Crippen molar-refractivity contribution >= 4 is 11.8 Å². The second-order valence-corrected chi connectivity index (χ2v) is 2.86. The van der Waals surface area contributed by atoms with E-state index < -0.39 is 0 Å². The minimum atomic E-state index is 1.01. The lowest BCUT2D eigenvalue weighted by molar-refractivity contribution is 1.27. The topological polar surface area (TPSA) is 25.2 Å². The van der Waals surface area contributed by atoms with E-state index in [0.29, 0.717) is 0 Å². The zero-order valence-electron chi connectivity index (χ0n) is 8.51. The number of nitrogens with zero attached hydrogens (tertiary/aromatic N) is 2. The fourth-order valence-corrected chi connectivity index (χ4v) is 1.02. The molecule has 0 fully saturated rings. The van der Waals surface area contributed by atoms with Crippen molar-refractivity contribution in [1.82, 2.24) is 4.98 Å². The third kappa shape index (κ3) is 3.35. The van der Waals surface area contributed by atoms with Crippen molar-refractivity contribution in [3.8, 4) is 0 Å². The van der Waals surface area contributed by atoms with Crippen LogP contribution < -0.4 is 0 Å². The van der Waals surface area contributed by atoms with Crippen LogP contribution in [0.25, 0.3) is 5.57 Å². The van der Waals surface area contributed by atoms with Gasteiger partial charge in [-0.25, -0.2) is 0 Å².